The van der Waals surface area contributed by atoms with E-state index in [1.54, 1.807) is 0 Å². The molecular formula is C15H10F4O4. The molecule has 1 atom stereocenters. The van der Waals surface area contributed by atoms with Crippen molar-refractivity contribution in [2.24, 2.45) is 0 Å². The van der Waals surface area contributed by atoms with Crippen LogP contribution in [-0.4, -0.2) is 22.5 Å². The summed E-state index contributed by atoms with van der Waals surface area (Å²) in [5, 5.41) is 18.5. The summed E-state index contributed by atoms with van der Waals surface area (Å²) in [6.07, 6.45) is -6.94. The Bertz CT molecular complexity index is 728. The van der Waals surface area contributed by atoms with Gasteiger partial charge in [-0.15, -0.1) is 13.2 Å². The number of ether oxygens (including phenoxy) is 1. The summed E-state index contributed by atoms with van der Waals surface area (Å²) in [6, 6.07) is 7.77. The summed E-state index contributed by atoms with van der Waals surface area (Å²) in [5.41, 5.74) is -0.642. The minimum absolute atomic E-state index is 0.0554. The van der Waals surface area contributed by atoms with E-state index in [1.165, 1.54) is 24.3 Å². The first-order chi connectivity index (χ1) is 10.7. The number of rotatable bonds is 4. The zero-order valence-corrected chi connectivity index (χ0v) is 11.3. The lowest BCUT2D eigenvalue weighted by Gasteiger charge is -2.15. The number of carbonyl (C=O) groups is 1. The van der Waals surface area contributed by atoms with E-state index in [0.29, 0.717) is 0 Å². The van der Waals surface area contributed by atoms with Crippen LogP contribution in [0, 0.1) is 5.82 Å². The number of halogens is 4. The molecule has 2 aromatic rings. The van der Waals surface area contributed by atoms with Gasteiger partial charge in [0.1, 0.15) is 11.6 Å². The van der Waals surface area contributed by atoms with Crippen molar-refractivity contribution < 1.29 is 37.3 Å². The number of benzene rings is 2. The first-order valence-electron chi connectivity index (χ1n) is 6.24. The Morgan fingerprint density at radius 3 is 2.39 bits per heavy atom. The van der Waals surface area contributed by atoms with Crippen LogP contribution in [0.3, 0.4) is 0 Å². The molecule has 0 aliphatic rings. The Labute approximate surface area is 127 Å². The monoisotopic (exact) mass is 330 g/mol. The highest BCUT2D eigenvalue weighted by molar-refractivity contribution is 5.80. The van der Waals surface area contributed by atoms with Gasteiger partial charge in [0.2, 0.25) is 0 Å². The molecule has 0 saturated carbocycles. The lowest BCUT2D eigenvalue weighted by molar-refractivity contribution is -0.274. The van der Waals surface area contributed by atoms with E-state index in [-0.39, 0.29) is 16.7 Å². The van der Waals surface area contributed by atoms with Gasteiger partial charge in [-0.05, 0) is 23.8 Å². The first-order valence-corrected chi connectivity index (χ1v) is 6.24. The number of hydrogen-bond acceptors (Lipinski definition) is 3. The minimum Gasteiger partial charge on any atom is -0.479 e. The normalized spacial score (nSPS) is 12.7. The molecule has 2 rings (SSSR count). The quantitative estimate of drug-likeness (QED) is 0.842. The Kier molecular flexibility index (Phi) is 4.55. The van der Waals surface area contributed by atoms with Gasteiger partial charge in [0, 0.05) is 11.1 Å². The molecule has 2 N–H and O–H groups in total. The topological polar surface area (TPSA) is 66.8 Å². The van der Waals surface area contributed by atoms with Gasteiger partial charge < -0.3 is 14.9 Å². The molecule has 0 radical (unpaired) electrons. The van der Waals surface area contributed by atoms with Gasteiger partial charge in [0.05, 0.1) is 0 Å². The second-order valence-electron chi connectivity index (χ2n) is 4.52. The molecule has 23 heavy (non-hydrogen) atoms. The van der Waals surface area contributed by atoms with E-state index in [1.807, 2.05) is 0 Å². The van der Waals surface area contributed by atoms with Crippen molar-refractivity contribution in [2.75, 3.05) is 0 Å². The fourth-order valence-corrected chi connectivity index (χ4v) is 2.05. The molecule has 0 heterocycles. The Morgan fingerprint density at radius 1 is 1.13 bits per heavy atom. The van der Waals surface area contributed by atoms with E-state index in [2.05, 4.69) is 4.74 Å². The van der Waals surface area contributed by atoms with Gasteiger partial charge in [0.15, 0.2) is 6.10 Å². The molecule has 0 aliphatic carbocycles. The van der Waals surface area contributed by atoms with Crippen molar-refractivity contribution in [3.05, 3.63) is 53.8 Å². The predicted octanol–water partition coefficient (Wildman–Crippen LogP) is 3.51. The van der Waals surface area contributed by atoms with Gasteiger partial charge >= 0.3 is 12.3 Å². The average Bonchev–Trinajstić information content (AvgIpc) is 2.44. The third-order valence-corrected chi connectivity index (χ3v) is 2.93. The van der Waals surface area contributed by atoms with Crippen LogP contribution in [0.2, 0.25) is 0 Å². The number of hydrogen-bond donors (Lipinski definition) is 2. The molecule has 122 valence electrons. The van der Waals surface area contributed by atoms with E-state index < -0.39 is 30.0 Å². The SMILES string of the molecule is O=C(O)C(O)c1cccc(F)c1-c1cccc(OC(F)(F)F)c1. The van der Waals surface area contributed by atoms with E-state index in [9.17, 15) is 27.5 Å². The standard InChI is InChI=1S/C15H10F4O4/c16-11-6-2-5-10(13(20)14(21)22)12(11)8-3-1-4-9(7-8)23-15(17,18)19/h1-7,13,20H,(H,21,22). The van der Waals surface area contributed by atoms with Gasteiger partial charge in [-0.1, -0.05) is 24.3 Å². The maximum atomic E-state index is 14.1. The Morgan fingerprint density at radius 2 is 1.78 bits per heavy atom. The molecule has 8 heteroatoms. The highest BCUT2D eigenvalue weighted by atomic mass is 19.4. The fourth-order valence-electron chi connectivity index (χ4n) is 2.05. The summed E-state index contributed by atoms with van der Waals surface area (Å²) in [7, 11) is 0. The third kappa shape index (κ3) is 3.98. The van der Waals surface area contributed by atoms with Crippen LogP contribution in [0.4, 0.5) is 17.6 Å². The molecule has 0 spiro atoms. The van der Waals surface area contributed by atoms with Gasteiger partial charge in [-0.3, -0.25) is 0 Å². The number of carboxylic acids is 1. The number of alkyl halides is 3. The molecule has 0 bridgehead atoms. The van der Waals surface area contributed by atoms with Crippen molar-refractivity contribution in [2.45, 2.75) is 12.5 Å². The largest absolute Gasteiger partial charge is 0.573 e. The van der Waals surface area contributed by atoms with E-state index in [4.69, 9.17) is 5.11 Å². The maximum Gasteiger partial charge on any atom is 0.573 e. The summed E-state index contributed by atoms with van der Waals surface area (Å²) < 4.78 is 54.6. The number of aliphatic carboxylic acids is 1. The lowest BCUT2D eigenvalue weighted by Crippen LogP contribution is -2.17. The lowest BCUT2D eigenvalue weighted by atomic mass is 9.95. The summed E-state index contributed by atoms with van der Waals surface area (Å²) >= 11 is 0. The van der Waals surface area contributed by atoms with E-state index in [0.717, 1.165) is 18.2 Å². The number of carboxylic acid groups (broad SMARTS) is 1. The summed E-state index contributed by atoms with van der Waals surface area (Å²) in [4.78, 5) is 10.9. The molecule has 0 aliphatic heterocycles. The molecule has 0 saturated heterocycles. The number of aliphatic hydroxyl groups excluding tert-OH is 1. The summed E-state index contributed by atoms with van der Waals surface area (Å²) in [5.74, 6) is -3.08. The van der Waals surface area contributed by atoms with Crippen LogP contribution in [0.25, 0.3) is 11.1 Å². The molecule has 4 nitrogen and oxygen atoms in total. The van der Waals surface area contributed by atoms with Crippen LogP contribution in [0.5, 0.6) is 5.75 Å². The molecule has 1 unspecified atom stereocenters. The Hall–Kier alpha value is -2.61. The minimum atomic E-state index is -4.92. The van der Waals surface area contributed by atoms with Crippen LogP contribution in [0.1, 0.15) is 11.7 Å². The molecule has 2 aromatic carbocycles. The van der Waals surface area contributed by atoms with Crippen molar-refractivity contribution in [1.82, 2.24) is 0 Å². The van der Waals surface area contributed by atoms with Gasteiger partial charge in [-0.25, -0.2) is 9.18 Å². The van der Waals surface area contributed by atoms with E-state index >= 15 is 0 Å². The highest BCUT2D eigenvalue weighted by Gasteiger charge is 2.31. The van der Waals surface area contributed by atoms with Crippen molar-refractivity contribution in [3.63, 3.8) is 0 Å². The highest BCUT2D eigenvalue weighted by Crippen LogP contribution is 2.34. The second kappa shape index (κ2) is 6.25. The van der Waals surface area contributed by atoms with Crippen LogP contribution < -0.4 is 4.74 Å². The average molecular weight is 330 g/mol. The van der Waals surface area contributed by atoms with Crippen LogP contribution >= 0.6 is 0 Å². The predicted molar refractivity (Wildman–Crippen MR) is 71.1 cm³/mol. The summed E-state index contributed by atoms with van der Waals surface area (Å²) in [6.45, 7) is 0. The Balaban J connectivity index is 2.54. The van der Waals surface area contributed by atoms with Gasteiger partial charge in [-0.2, -0.15) is 0 Å². The molecule has 0 amide bonds. The third-order valence-electron chi connectivity index (χ3n) is 2.93. The number of aliphatic hydroxyl groups is 1. The van der Waals surface area contributed by atoms with Crippen molar-refractivity contribution >= 4 is 5.97 Å². The second-order valence-corrected chi connectivity index (χ2v) is 4.52. The van der Waals surface area contributed by atoms with Gasteiger partial charge in [0.25, 0.3) is 0 Å². The maximum absolute atomic E-state index is 14.1. The van der Waals surface area contributed by atoms with Crippen LogP contribution in [-0.2, 0) is 4.79 Å². The van der Waals surface area contributed by atoms with Crippen LogP contribution in [0.15, 0.2) is 42.5 Å². The molecule has 0 aromatic heterocycles. The fraction of sp³-hybridized carbons (Fsp3) is 0.133. The van der Waals surface area contributed by atoms with Crippen molar-refractivity contribution in [1.29, 1.82) is 0 Å². The first kappa shape index (κ1) is 16.8. The van der Waals surface area contributed by atoms with Crippen molar-refractivity contribution in [3.8, 4) is 16.9 Å². The smallest absolute Gasteiger partial charge is 0.479 e. The molecule has 0 fully saturated rings. The zero-order chi connectivity index (χ0) is 17.2. The molecular weight excluding hydrogens is 320 g/mol. The zero-order valence-electron chi connectivity index (χ0n) is 11.3.